The average Bonchev–Trinajstić information content (AvgIpc) is 2.86. The van der Waals surface area contributed by atoms with Crippen molar-refractivity contribution in [2.75, 3.05) is 11.9 Å². The van der Waals surface area contributed by atoms with E-state index in [2.05, 4.69) is 26.1 Å². The number of anilines is 1. The highest BCUT2D eigenvalue weighted by atomic mass is 79.9. The van der Waals surface area contributed by atoms with E-state index in [9.17, 15) is 4.79 Å². The van der Waals surface area contributed by atoms with Gasteiger partial charge in [-0.25, -0.2) is 0 Å². The average molecular weight is 416 g/mol. The van der Waals surface area contributed by atoms with Crippen LogP contribution in [0.4, 0.5) is 5.13 Å². The minimum absolute atomic E-state index is 0.360. The molecule has 2 aromatic rings. The van der Waals surface area contributed by atoms with Crippen LogP contribution >= 0.6 is 62.1 Å². The van der Waals surface area contributed by atoms with E-state index >= 15 is 0 Å². The summed E-state index contributed by atoms with van der Waals surface area (Å²) in [6.07, 6.45) is 0. The molecule has 0 unspecified atom stereocenters. The molecule has 0 radical (unpaired) electrons. The lowest BCUT2D eigenvalue weighted by atomic mass is 10.2. The van der Waals surface area contributed by atoms with Crippen LogP contribution < -0.4 is 4.90 Å². The number of rotatable bonds is 2. The molecule has 20 heavy (non-hydrogen) atoms. The number of carbonyl (C=O) groups excluding carboxylic acids is 1. The van der Waals surface area contributed by atoms with Crippen molar-refractivity contribution in [2.24, 2.45) is 0 Å². The predicted octanol–water partition coefficient (Wildman–Crippen LogP) is 4.30. The number of halogens is 4. The fourth-order valence-electron chi connectivity index (χ4n) is 1.34. The van der Waals surface area contributed by atoms with Gasteiger partial charge in [-0.2, -0.15) is 0 Å². The third-order valence-corrected chi connectivity index (χ3v) is 4.40. The Balaban J connectivity index is 2.25. The quantitative estimate of drug-likeness (QED) is 0.687. The number of nitrogens with zero attached hydrogens (tertiary/aromatic N) is 3. The molecule has 0 spiro atoms. The maximum Gasteiger partial charge on any atom is 0.280 e. The molecular weight excluding hydrogens is 408 g/mol. The normalized spacial score (nSPS) is 11.4. The summed E-state index contributed by atoms with van der Waals surface area (Å²) in [4.78, 5) is 13.0. The van der Waals surface area contributed by atoms with Gasteiger partial charge in [-0.05, 0) is 12.1 Å². The van der Waals surface area contributed by atoms with Crippen molar-refractivity contribution >= 4 is 73.1 Å². The van der Waals surface area contributed by atoms with E-state index in [1.807, 2.05) is 24.3 Å². The van der Waals surface area contributed by atoms with Crippen molar-refractivity contribution in [1.82, 2.24) is 10.2 Å². The predicted molar refractivity (Wildman–Crippen MR) is 86.7 cm³/mol. The van der Waals surface area contributed by atoms with Gasteiger partial charge in [0.1, 0.15) is 5.01 Å². The van der Waals surface area contributed by atoms with Crippen LogP contribution in [-0.4, -0.2) is 26.9 Å². The van der Waals surface area contributed by atoms with E-state index in [-0.39, 0.29) is 0 Å². The Bertz CT molecular complexity index is 627. The molecule has 0 N–H and O–H groups in total. The van der Waals surface area contributed by atoms with E-state index in [4.69, 9.17) is 34.8 Å². The van der Waals surface area contributed by atoms with E-state index < -0.39 is 9.70 Å². The molecule has 0 saturated carbocycles. The van der Waals surface area contributed by atoms with Crippen LogP contribution in [0.25, 0.3) is 10.6 Å². The fraction of sp³-hybridized carbons (Fsp3) is 0.182. The van der Waals surface area contributed by atoms with Crippen molar-refractivity contribution in [1.29, 1.82) is 0 Å². The van der Waals surface area contributed by atoms with Crippen LogP contribution in [0.15, 0.2) is 28.7 Å². The van der Waals surface area contributed by atoms with E-state index in [0.717, 1.165) is 10.0 Å². The summed E-state index contributed by atoms with van der Waals surface area (Å²) in [5.74, 6) is -0.680. The second-order valence-corrected chi connectivity index (χ2v) is 7.91. The van der Waals surface area contributed by atoms with E-state index in [1.165, 1.54) is 23.3 Å². The number of alkyl halides is 3. The van der Waals surface area contributed by atoms with Crippen molar-refractivity contribution in [3.8, 4) is 10.6 Å². The van der Waals surface area contributed by atoms with Crippen LogP contribution in [0.3, 0.4) is 0 Å². The third kappa shape index (κ3) is 3.62. The first-order valence-corrected chi connectivity index (χ1v) is 7.97. The van der Waals surface area contributed by atoms with Crippen molar-refractivity contribution in [3.63, 3.8) is 0 Å². The standard InChI is InChI=1S/C11H7BrCl3N3OS/c1-18(9(19)11(13,14)15)10-17-16-8(20-10)6-2-4-7(12)5-3-6/h2-5H,1H3. The molecule has 1 aromatic heterocycles. The van der Waals surface area contributed by atoms with Crippen LogP contribution in [0.2, 0.25) is 0 Å². The second-order valence-electron chi connectivity index (χ2n) is 3.76. The highest BCUT2D eigenvalue weighted by molar-refractivity contribution is 9.10. The lowest BCUT2D eigenvalue weighted by Gasteiger charge is -2.17. The summed E-state index contributed by atoms with van der Waals surface area (Å²) < 4.78 is -1.05. The van der Waals surface area contributed by atoms with Crippen LogP contribution in [-0.2, 0) is 4.79 Å². The minimum Gasteiger partial charge on any atom is -0.286 e. The van der Waals surface area contributed by atoms with Gasteiger partial charge in [-0.1, -0.05) is 74.2 Å². The lowest BCUT2D eigenvalue weighted by Crippen LogP contribution is -2.36. The zero-order valence-corrected chi connectivity index (χ0v) is 14.6. The molecule has 1 aromatic carbocycles. The summed E-state index contributed by atoms with van der Waals surface area (Å²) >= 11 is 21.3. The van der Waals surface area contributed by atoms with Crippen molar-refractivity contribution in [2.45, 2.75) is 3.79 Å². The first-order valence-electron chi connectivity index (χ1n) is 5.23. The summed E-state index contributed by atoms with van der Waals surface area (Å²) in [5.41, 5.74) is 0.895. The zero-order chi connectivity index (χ0) is 14.9. The van der Waals surface area contributed by atoms with Gasteiger partial charge >= 0.3 is 0 Å². The van der Waals surface area contributed by atoms with Gasteiger partial charge in [-0.3, -0.25) is 9.69 Å². The summed E-state index contributed by atoms with van der Waals surface area (Å²) in [6, 6.07) is 7.58. The van der Waals surface area contributed by atoms with Crippen LogP contribution in [0, 0.1) is 0 Å². The zero-order valence-electron chi connectivity index (χ0n) is 9.98. The molecule has 0 atom stereocenters. The molecule has 9 heteroatoms. The molecule has 0 fully saturated rings. The van der Waals surface area contributed by atoms with Crippen molar-refractivity contribution < 1.29 is 4.79 Å². The van der Waals surface area contributed by atoms with Gasteiger partial charge in [-0.15, -0.1) is 10.2 Å². The third-order valence-electron chi connectivity index (χ3n) is 2.34. The Kier molecular flexibility index (Phi) is 4.92. The SMILES string of the molecule is CN(C(=O)C(Cl)(Cl)Cl)c1nnc(-c2ccc(Br)cc2)s1. The molecular formula is C11H7BrCl3N3OS. The Morgan fingerprint density at radius 1 is 1.25 bits per heavy atom. The van der Waals surface area contributed by atoms with Crippen molar-refractivity contribution in [3.05, 3.63) is 28.7 Å². The molecule has 1 heterocycles. The van der Waals surface area contributed by atoms with Gasteiger partial charge < -0.3 is 0 Å². The summed E-state index contributed by atoms with van der Waals surface area (Å²) in [7, 11) is 1.48. The van der Waals surface area contributed by atoms with Gasteiger partial charge in [0.05, 0.1) is 0 Å². The number of benzene rings is 1. The number of hydrogen-bond donors (Lipinski definition) is 0. The Labute approximate surface area is 142 Å². The van der Waals surface area contributed by atoms with E-state index in [1.54, 1.807) is 0 Å². The molecule has 0 aliphatic carbocycles. The van der Waals surface area contributed by atoms with Crippen LogP contribution in [0.1, 0.15) is 0 Å². The number of carbonyl (C=O) groups is 1. The highest BCUT2D eigenvalue weighted by Crippen LogP contribution is 2.33. The fourth-order valence-corrected chi connectivity index (χ4v) is 2.79. The number of hydrogen-bond acceptors (Lipinski definition) is 4. The van der Waals surface area contributed by atoms with Gasteiger partial charge in [0.15, 0.2) is 0 Å². The first-order chi connectivity index (χ1) is 9.29. The Morgan fingerprint density at radius 2 is 1.85 bits per heavy atom. The first kappa shape index (κ1) is 16.0. The monoisotopic (exact) mass is 413 g/mol. The highest BCUT2D eigenvalue weighted by Gasteiger charge is 2.35. The molecule has 4 nitrogen and oxygen atoms in total. The summed E-state index contributed by atoms with van der Waals surface area (Å²) in [6.45, 7) is 0. The molecule has 0 aliphatic heterocycles. The summed E-state index contributed by atoms with van der Waals surface area (Å²) in [5, 5.41) is 9.00. The largest absolute Gasteiger partial charge is 0.286 e. The lowest BCUT2D eigenvalue weighted by molar-refractivity contribution is -0.117. The molecule has 1 amide bonds. The molecule has 0 saturated heterocycles. The Hall–Kier alpha value is -0.400. The smallest absolute Gasteiger partial charge is 0.280 e. The topological polar surface area (TPSA) is 46.1 Å². The Morgan fingerprint density at radius 3 is 2.40 bits per heavy atom. The van der Waals surface area contributed by atoms with E-state index in [0.29, 0.717) is 10.1 Å². The molecule has 0 aliphatic rings. The number of aromatic nitrogens is 2. The molecule has 2 rings (SSSR count). The molecule has 0 bridgehead atoms. The maximum absolute atomic E-state index is 11.8. The van der Waals surface area contributed by atoms with Gasteiger partial charge in [0, 0.05) is 17.1 Å². The minimum atomic E-state index is -2.02. The molecule has 106 valence electrons. The van der Waals surface area contributed by atoms with Gasteiger partial charge in [0.25, 0.3) is 9.70 Å². The van der Waals surface area contributed by atoms with Gasteiger partial charge in [0.2, 0.25) is 5.13 Å². The second kappa shape index (κ2) is 6.15. The maximum atomic E-state index is 11.8. The van der Waals surface area contributed by atoms with Crippen LogP contribution in [0.5, 0.6) is 0 Å². The number of amides is 1.